The lowest BCUT2D eigenvalue weighted by molar-refractivity contribution is -0.128. The fraction of sp³-hybridized carbons (Fsp3) is 0.591. The first-order valence-electron chi connectivity index (χ1n) is 11.2. The summed E-state index contributed by atoms with van der Waals surface area (Å²) in [6, 6.07) is 5.47. The first-order valence-corrected chi connectivity index (χ1v) is 11.2. The van der Waals surface area contributed by atoms with Crippen LogP contribution in [0.3, 0.4) is 0 Å². The molecule has 0 aromatic carbocycles. The Bertz CT molecular complexity index is 899. The second-order valence-electron chi connectivity index (χ2n) is 8.33. The molecule has 1 unspecified atom stereocenters. The van der Waals surface area contributed by atoms with Gasteiger partial charge in [0.1, 0.15) is 5.82 Å². The lowest BCUT2D eigenvalue weighted by Crippen LogP contribution is -2.45. The van der Waals surface area contributed by atoms with Crippen LogP contribution < -0.4 is 5.32 Å². The summed E-state index contributed by atoms with van der Waals surface area (Å²) in [7, 11) is 1.75. The summed E-state index contributed by atoms with van der Waals surface area (Å²) in [6.45, 7) is 2.13. The molecule has 4 rings (SSSR count). The molecule has 9 nitrogen and oxygen atoms in total. The average molecular weight is 426 g/mol. The molecule has 0 bridgehead atoms. The van der Waals surface area contributed by atoms with Crippen LogP contribution in [0.25, 0.3) is 0 Å². The van der Waals surface area contributed by atoms with E-state index in [1.165, 1.54) is 6.42 Å². The number of nitrogens with one attached hydrogen (secondary N) is 1. The number of carbonyl (C=O) groups is 2. The number of aromatic nitrogens is 4. The molecular formula is C22H31N7O2. The van der Waals surface area contributed by atoms with Crippen molar-refractivity contribution in [2.45, 2.75) is 57.5 Å². The molecule has 1 N–H and O–H groups in total. The van der Waals surface area contributed by atoms with Gasteiger partial charge in [0.25, 0.3) is 0 Å². The molecule has 1 saturated heterocycles. The van der Waals surface area contributed by atoms with Crippen molar-refractivity contribution in [3.8, 4) is 0 Å². The van der Waals surface area contributed by atoms with Crippen molar-refractivity contribution in [3.63, 3.8) is 0 Å². The Morgan fingerprint density at radius 2 is 2.06 bits per heavy atom. The fourth-order valence-corrected chi connectivity index (χ4v) is 4.37. The Balaban J connectivity index is 1.31. The van der Waals surface area contributed by atoms with E-state index in [1.54, 1.807) is 18.1 Å². The Hall–Kier alpha value is -2.97. The van der Waals surface area contributed by atoms with E-state index >= 15 is 0 Å². The number of carbonyl (C=O) groups excluding carboxylic acids is 2. The number of aryl methyl sites for hydroxylation is 1. The number of rotatable bonds is 6. The molecule has 31 heavy (non-hydrogen) atoms. The Kier molecular flexibility index (Phi) is 6.79. The number of likely N-dealkylation sites (tertiary alicyclic amines) is 1. The van der Waals surface area contributed by atoms with Gasteiger partial charge in [-0.1, -0.05) is 12.5 Å². The normalized spacial score (nSPS) is 18.4. The molecule has 3 amide bonds. The lowest BCUT2D eigenvalue weighted by Gasteiger charge is -2.25. The molecule has 1 atom stereocenters. The highest BCUT2D eigenvalue weighted by atomic mass is 16.2. The third-order valence-corrected chi connectivity index (χ3v) is 6.20. The first kappa shape index (κ1) is 21.3. The summed E-state index contributed by atoms with van der Waals surface area (Å²) in [5.74, 6) is 1.81. The van der Waals surface area contributed by atoms with Crippen molar-refractivity contribution in [1.29, 1.82) is 0 Å². The number of fused-ring (bicyclic) bond motifs is 1. The molecule has 0 aliphatic carbocycles. The van der Waals surface area contributed by atoms with E-state index in [2.05, 4.69) is 25.1 Å². The van der Waals surface area contributed by atoms with Crippen molar-refractivity contribution in [2.75, 3.05) is 26.7 Å². The molecule has 4 heterocycles. The van der Waals surface area contributed by atoms with Crippen LogP contribution in [0.15, 0.2) is 24.4 Å². The van der Waals surface area contributed by atoms with E-state index in [9.17, 15) is 9.59 Å². The zero-order valence-electron chi connectivity index (χ0n) is 18.2. The second kappa shape index (κ2) is 9.89. The van der Waals surface area contributed by atoms with Gasteiger partial charge < -0.3 is 19.7 Å². The quantitative estimate of drug-likeness (QED) is 0.763. The molecule has 2 aromatic heterocycles. The Morgan fingerprint density at radius 3 is 2.90 bits per heavy atom. The van der Waals surface area contributed by atoms with Crippen LogP contribution in [0, 0.1) is 0 Å². The van der Waals surface area contributed by atoms with Gasteiger partial charge in [0.05, 0.1) is 12.6 Å². The number of nitrogens with zero attached hydrogens (tertiary/aromatic N) is 6. The molecular weight excluding hydrogens is 394 g/mol. The summed E-state index contributed by atoms with van der Waals surface area (Å²) in [6.07, 6.45) is 8.65. The van der Waals surface area contributed by atoms with Crippen LogP contribution in [-0.2, 0) is 24.2 Å². The predicted molar refractivity (Wildman–Crippen MR) is 115 cm³/mol. The minimum absolute atomic E-state index is 0.0152. The van der Waals surface area contributed by atoms with Gasteiger partial charge in [0.15, 0.2) is 5.82 Å². The Labute approximate surface area is 182 Å². The summed E-state index contributed by atoms with van der Waals surface area (Å²) in [5, 5.41) is 11.6. The first-order chi connectivity index (χ1) is 15.1. The SMILES string of the molecule is CN(CCc1ccccn1)C(=O)CNC(=O)N1CCCC1c1nnc2n1CCCCC2. The molecule has 166 valence electrons. The zero-order valence-corrected chi connectivity index (χ0v) is 18.2. The predicted octanol–water partition coefficient (Wildman–Crippen LogP) is 1.95. The molecule has 2 aliphatic heterocycles. The van der Waals surface area contributed by atoms with E-state index in [-0.39, 0.29) is 24.5 Å². The highest BCUT2D eigenvalue weighted by Crippen LogP contribution is 2.32. The topological polar surface area (TPSA) is 96.2 Å². The minimum atomic E-state index is -0.208. The largest absolute Gasteiger partial charge is 0.344 e. The standard InChI is InChI=1S/C22H31N7O2/c1-27(15-11-17-8-4-5-12-23-17)20(30)16-24-22(31)28-14-7-9-18(28)21-26-25-19-10-3-2-6-13-29(19)21/h4-5,8,12,18H,2-3,6-7,9-11,13-16H2,1H3,(H,24,31). The number of likely N-dealkylation sites (N-methyl/N-ethyl adjacent to an activating group) is 1. The molecule has 0 radical (unpaired) electrons. The smallest absolute Gasteiger partial charge is 0.318 e. The van der Waals surface area contributed by atoms with Crippen LogP contribution in [0.1, 0.15) is 55.5 Å². The van der Waals surface area contributed by atoms with E-state index in [0.29, 0.717) is 19.5 Å². The van der Waals surface area contributed by atoms with E-state index in [4.69, 9.17) is 0 Å². The van der Waals surface area contributed by atoms with Crippen molar-refractivity contribution >= 4 is 11.9 Å². The zero-order chi connectivity index (χ0) is 21.6. The van der Waals surface area contributed by atoms with Crippen LogP contribution in [0.4, 0.5) is 4.79 Å². The summed E-state index contributed by atoms with van der Waals surface area (Å²) in [4.78, 5) is 33.1. The minimum Gasteiger partial charge on any atom is -0.344 e. The van der Waals surface area contributed by atoms with Gasteiger partial charge in [-0.05, 0) is 37.8 Å². The van der Waals surface area contributed by atoms with E-state index in [0.717, 1.165) is 56.0 Å². The monoisotopic (exact) mass is 425 g/mol. The average Bonchev–Trinajstić information content (AvgIpc) is 3.37. The van der Waals surface area contributed by atoms with Crippen molar-refractivity contribution in [3.05, 3.63) is 41.7 Å². The lowest BCUT2D eigenvalue weighted by atomic mass is 10.2. The van der Waals surface area contributed by atoms with Crippen molar-refractivity contribution in [1.82, 2.24) is 34.9 Å². The number of pyridine rings is 1. The van der Waals surface area contributed by atoms with E-state index < -0.39 is 0 Å². The molecule has 0 spiro atoms. The summed E-state index contributed by atoms with van der Waals surface area (Å²) < 4.78 is 2.21. The Morgan fingerprint density at radius 1 is 1.16 bits per heavy atom. The highest BCUT2D eigenvalue weighted by molar-refractivity contribution is 5.84. The van der Waals surface area contributed by atoms with Gasteiger partial charge in [0.2, 0.25) is 5.91 Å². The number of amides is 3. The van der Waals surface area contributed by atoms with Crippen molar-refractivity contribution < 1.29 is 9.59 Å². The summed E-state index contributed by atoms with van der Waals surface area (Å²) in [5.41, 5.74) is 0.943. The van der Waals surface area contributed by atoms with Crippen LogP contribution in [0.5, 0.6) is 0 Å². The van der Waals surface area contributed by atoms with Crippen molar-refractivity contribution in [2.24, 2.45) is 0 Å². The molecule has 9 heteroatoms. The second-order valence-corrected chi connectivity index (χ2v) is 8.33. The molecule has 2 aromatic rings. The van der Waals surface area contributed by atoms with Gasteiger partial charge in [-0.3, -0.25) is 9.78 Å². The number of hydrogen-bond acceptors (Lipinski definition) is 5. The summed E-state index contributed by atoms with van der Waals surface area (Å²) >= 11 is 0. The van der Waals surface area contributed by atoms with Gasteiger partial charge in [0, 0.05) is 51.4 Å². The van der Waals surface area contributed by atoms with Gasteiger partial charge >= 0.3 is 6.03 Å². The van der Waals surface area contributed by atoms with Gasteiger partial charge in [-0.15, -0.1) is 10.2 Å². The maximum absolute atomic E-state index is 12.9. The van der Waals surface area contributed by atoms with Gasteiger partial charge in [-0.25, -0.2) is 4.79 Å². The number of urea groups is 1. The van der Waals surface area contributed by atoms with Crippen LogP contribution in [-0.4, -0.2) is 68.2 Å². The van der Waals surface area contributed by atoms with Crippen LogP contribution in [0.2, 0.25) is 0 Å². The third-order valence-electron chi connectivity index (χ3n) is 6.20. The van der Waals surface area contributed by atoms with E-state index in [1.807, 2.05) is 23.1 Å². The highest BCUT2D eigenvalue weighted by Gasteiger charge is 2.34. The number of hydrogen-bond donors (Lipinski definition) is 1. The maximum atomic E-state index is 12.9. The van der Waals surface area contributed by atoms with Crippen LogP contribution >= 0.6 is 0 Å². The van der Waals surface area contributed by atoms with Gasteiger partial charge in [-0.2, -0.15) is 0 Å². The molecule has 0 saturated carbocycles. The third kappa shape index (κ3) is 5.03. The molecule has 1 fully saturated rings. The molecule has 2 aliphatic rings. The maximum Gasteiger partial charge on any atom is 0.318 e. The fourth-order valence-electron chi connectivity index (χ4n) is 4.37.